The molecule has 0 radical (unpaired) electrons. The number of esters is 1. The minimum Gasteiger partial charge on any atom is -0.466 e. The van der Waals surface area contributed by atoms with Crippen molar-refractivity contribution in [2.45, 2.75) is 30.5 Å². The molecular weight excluding hydrogens is 360 g/mol. The lowest BCUT2D eigenvalue weighted by atomic mass is 9.90. The Kier molecular flexibility index (Phi) is 4.73. The minimum atomic E-state index is -5.96. The Morgan fingerprint density at radius 2 is 1.68 bits per heavy atom. The van der Waals surface area contributed by atoms with Crippen molar-refractivity contribution in [1.29, 1.82) is 0 Å². The number of carbonyl (C=O) groups excluding carboxylic acids is 1. The van der Waals surface area contributed by atoms with E-state index in [2.05, 4.69) is 9.89 Å². The number of aliphatic hydroxyl groups is 1. The van der Waals surface area contributed by atoms with Crippen LogP contribution in [0.1, 0.15) is 17.5 Å². The molecule has 1 aromatic rings. The van der Waals surface area contributed by atoms with Gasteiger partial charge in [0.2, 0.25) is 6.10 Å². The zero-order valence-corrected chi connectivity index (χ0v) is 12.5. The highest BCUT2D eigenvalue weighted by Crippen LogP contribution is 2.49. The standard InChI is InChI=1S/C14H11F6NO4/c1-24-11(22)10-6-9(21-25-10)7-2-4-8(5-3-7)12(23,13(15,16)17)14(18,19)20/h2-5,10,23H,6H2,1H3. The fraction of sp³-hybridized carbons (Fsp3) is 0.429. The van der Waals surface area contributed by atoms with Gasteiger partial charge in [0.25, 0.3) is 5.60 Å². The normalized spacial score (nSPS) is 18.6. The van der Waals surface area contributed by atoms with E-state index >= 15 is 0 Å². The Morgan fingerprint density at radius 3 is 2.12 bits per heavy atom. The molecule has 11 heteroatoms. The summed E-state index contributed by atoms with van der Waals surface area (Å²) in [5, 5.41) is 12.8. The van der Waals surface area contributed by atoms with Gasteiger partial charge in [-0.1, -0.05) is 29.4 Å². The molecule has 2 rings (SSSR count). The number of alkyl halides is 6. The van der Waals surface area contributed by atoms with Crippen molar-refractivity contribution in [3.8, 4) is 0 Å². The highest BCUT2D eigenvalue weighted by molar-refractivity contribution is 6.03. The van der Waals surface area contributed by atoms with Crippen LogP contribution in [0.5, 0.6) is 0 Å². The fourth-order valence-corrected chi connectivity index (χ4v) is 2.20. The van der Waals surface area contributed by atoms with Gasteiger partial charge < -0.3 is 14.7 Å². The van der Waals surface area contributed by atoms with E-state index in [-0.39, 0.29) is 17.7 Å². The van der Waals surface area contributed by atoms with Crippen LogP contribution in [0.25, 0.3) is 0 Å². The number of nitrogens with zero attached hydrogens (tertiary/aromatic N) is 1. The average molecular weight is 371 g/mol. The van der Waals surface area contributed by atoms with Gasteiger partial charge in [-0.2, -0.15) is 26.3 Å². The Balaban J connectivity index is 2.30. The minimum absolute atomic E-state index is 0.0607. The molecule has 0 amide bonds. The van der Waals surface area contributed by atoms with Gasteiger partial charge in [-0.3, -0.25) is 0 Å². The van der Waals surface area contributed by atoms with Crippen molar-refractivity contribution in [1.82, 2.24) is 0 Å². The third-order valence-electron chi connectivity index (χ3n) is 3.59. The number of rotatable bonds is 3. The van der Waals surface area contributed by atoms with Crippen molar-refractivity contribution >= 4 is 11.7 Å². The van der Waals surface area contributed by atoms with Gasteiger partial charge in [-0.05, 0) is 5.56 Å². The summed E-state index contributed by atoms with van der Waals surface area (Å²) in [6.07, 6.45) is -13.0. The van der Waals surface area contributed by atoms with Crippen molar-refractivity contribution in [3.63, 3.8) is 0 Å². The Morgan fingerprint density at radius 1 is 1.16 bits per heavy atom. The van der Waals surface area contributed by atoms with Gasteiger partial charge in [0.05, 0.1) is 12.8 Å². The average Bonchev–Trinajstić information content (AvgIpc) is 3.01. The van der Waals surface area contributed by atoms with Gasteiger partial charge in [0.1, 0.15) is 0 Å². The second kappa shape index (κ2) is 6.21. The highest BCUT2D eigenvalue weighted by atomic mass is 19.4. The number of ether oxygens (including phenoxy) is 1. The van der Waals surface area contributed by atoms with Crippen LogP contribution in [0.2, 0.25) is 0 Å². The zero-order valence-electron chi connectivity index (χ0n) is 12.5. The van der Waals surface area contributed by atoms with E-state index in [4.69, 9.17) is 4.84 Å². The number of hydrogen-bond donors (Lipinski definition) is 1. The first-order valence-corrected chi connectivity index (χ1v) is 6.69. The summed E-state index contributed by atoms with van der Waals surface area (Å²) >= 11 is 0. The molecule has 0 aliphatic carbocycles. The van der Waals surface area contributed by atoms with Crippen LogP contribution in [-0.2, 0) is 20.0 Å². The Labute approximate surface area is 136 Å². The van der Waals surface area contributed by atoms with Gasteiger partial charge in [-0.25, -0.2) is 4.79 Å². The molecule has 138 valence electrons. The summed E-state index contributed by atoms with van der Waals surface area (Å²) in [5.74, 6) is -0.723. The SMILES string of the molecule is COC(=O)C1CC(c2ccc(C(O)(C(F)(F)F)C(F)(F)F)cc2)=NO1. The molecule has 1 unspecified atom stereocenters. The van der Waals surface area contributed by atoms with E-state index in [1.165, 1.54) is 0 Å². The van der Waals surface area contributed by atoms with Crippen LogP contribution >= 0.6 is 0 Å². The highest BCUT2D eigenvalue weighted by Gasteiger charge is 2.71. The van der Waals surface area contributed by atoms with E-state index in [0.29, 0.717) is 12.1 Å². The molecule has 1 aliphatic heterocycles. The molecule has 1 heterocycles. The summed E-state index contributed by atoms with van der Waals surface area (Å²) < 4.78 is 81.2. The number of methoxy groups -OCH3 is 1. The lowest BCUT2D eigenvalue weighted by molar-refractivity contribution is -0.376. The van der Waals surface area contributed by atoms with E-state index in [0.717, 1.165) is 19.2 Å². The van der Waals surface area contributed by atoms with Crippen LogP contribution in [0.3, 0.4) is 0 Å². The van der Waals surface area contributed by atoms with Gasteiger partial charge >= 0.3 is 18.3 Å². The molecule has 0 saturated heterocycles. The second-order valence-corrected chi connectivity index (χ2v) is 5.14. The molecule has 1 atom stereocenters. The Hall–Kier alpha value is -2.30. The molecule has 25 heavy (non-hydrogen) atoms. The van der Waals surface area contributed by atoms with Gasteiger partial charge in [0, 0.05) is 12.0 Å². The van der Waals surface area contributed by atoms with E-state index < -0.39 is 35.6 Å². The van der Waals surface area contributed by atoms with E-state index in [1.807, 2.05) is 0 Å². The van der Waals surface area contributed by atoms with Gasteiger partial charge in [-0.15, -0.1) is 0 Å². The number of hydrogen-bond acceptors (Lipinski definition) is 5. The third kappa shape index (κ3) is 3.28. The summed E-state index contributed by atoms with van der Waals surface area (Å²) in [6.45, 7) is 0. The smallest absolute Gasteiger partial charge is 0.430 e. The lowest BCUT2D eigenvalue weighted by Crippen LogP contribution is -2.53. The van der Waals surface area contributed by atoms with Gasteiger partial charge in [0.15, 0.2) is 0 Å². The largest absolute Gasteiger partial charge is 0.466 e. The topological polar surface area (TPSA) is 68.1 Å². The number of halogens is 6. The molecule has 0 aromatic heterocycles. The van der Waals surface area contributed by atoms with Crippen molar-refractivity contribution in [2.75, 3.05) is 7.11 Å². The monoisotopic (exact) mass is 371 g/mol. The summed E-state index contributed by atoms with van der Waals surface area (Å²) in [7, 11) is 1.12. The van der Waals surface area contributed by atoms with Crippen LogP contribution in [0, 0.1) is 0 Å². The number of benzene rings is 1. The predicted molar refractivity (Wildman–Crippen MR) is 70.5 cm³/mol. The third-order valence-corrected chi connectivity index (χ3v) is 3.59. The van der Waals surface area contributed by atoms with Crippen LogP contribution < -0.4 is 0 Å². The maximum Gasteiger partial charge on any atom is 0.430 e. The first-order chi connectivity index (χ1) is 11.4. The molecule has 0 bridgehead atoms. The van der Waals surface area contributed by atoms with Crippen LogP contribution in [0.4, 0.5) is 26.3 Å². The maximum absolute atomic E-state index is 12.8. The number of carbonyl (C=O) groups is 1. The number of oxime groups is 1. The molecule has 0 spiro atoms. The lowest BCUT2D eigenvalue weighted by Gasteiger charge is -2.32. The Bertz CT molecular complexity index is 666. The fourth-order valence-electron chi connectivity index (χ4n) is 2.20. The quantitative estimate of drug-likeness (QED) is 0.655. The summed E-state index contributed by atoms with van der Waals surface area (Å²) in [5.41, 5.74) is -6.10. The zero-order chi connectivity index (χ0) is 19.0. The maximum atomic E-state index is 12.8. The molecule has 1 N–H and O–H groups in total. The van der Waals surface area contributed by atoms with Crippen molar-refractivity contribution < 1.29 is 45.8 Å². The molecule has 1 aromatic carbocycles. The van der Waals surface area contributed by atoms with Crippen molar-refractivity contribution in [2.24, 2.45) is 5.16 Å². The molecule has 0 fully saturated rings. The first-order valence-electron chi connectivity index (χ1n) is 6.69. The molecule has 0 saturated carbocycles. The van der Waals surface area contributed by atoms with E-state index in [9.17, 15) is 36.2 Å². The van der Waals surface area contributed by atoms with Crippen LogP contribution in [0.15, 0.2) is 29.4 Å². The summed E-state index contributed by atoms with van der Waals surface area (Å²) in [6, 6.07) is 2.81. The van der Waals surface area contributed by atoms with Crippen molar-refractivity contribution in [3.05, 3.63) is 35.4 Å². The summed E-state index contributed by atoms with van der Waals surface area (Å²) in [4.78, 5) is 16.1. The van der Waals surface area contributed by atoms with Crippen LogP contribution in [-0.4, -0.2) is 42.4 Å². The second-order valence-electron chi connectivity index (χ2n) is 5.14. The molecular formula is C14H11F6NO4. The predicted octanol–water partition coefficient (Wildman–Crippen LogP) is 2.66. The first kappa shape index (κ1) is 19.0. The molecule has 5 nitrogen and oxygen atoms in total. The molecule has 1 aliphatic rings. The van der Waals surface area contributed by atoms with E-state index in [1.54, 1.807) is 0 Å².